The van der Waals surface area contributed by atoms with Crippen LogP contribution >= 0.6 is 23.7 Å². The molecule has 5 nitrogen and oxygen atoms in total. The van der Waals surface area contributed by atoms with Gasteiger partial charge in [0.25, 0.3) is 0 Å². The molecule has 23 heavy (non-hydrogen) atoms. The zero-order valence-electron chi connectivity index (χ0n) is 12.9. The summed E-state index contributed by atoms with van der Waals surface area (Å²) in [5.41, 5.74) is 2.78. The van der Waals surface area contributed by atoms with Crippen molar-refractivity contribution in [1.29, 1.82) is 0 Å². The fourth-order valence-electron chi connectivity index (χ4n) is 2.26. The maximum atomic E-state index is 12.0. The van der Waals surface area contributed by atoms with Crippen molar-refractivity contribution in [3.8, 4) is 11.3 Å². The van der Waals surface area contributed by atoms with Gasteiger partial charge in [-0.1, -0.05) is 19.1 Å². The normalized spacial score (nSPS) is 11.9. The first-order valence-electron chi connectivity index (χ1n) is 7.15. The first-order chi connectivity index (χ1) is 10.7. The minimum Gasteiger partial charge on any atom is -0.326 e. The number of amides is 1. The van der Waals surface area contributed by atoms with Crippen LogP contribution in [-0.4, -0.2) is 28.9 Å². The third kappa shape index (κ3) is 3.90. The Hall–Kier alpha value is -1.89. The van der Waals surface area contributed by atoms with Crippen molar-refractivity contribution in [2.75, 3.05) is 18.9 Å². The Kier molecular flexibility index (Phi) is 5.76. The highest BCUT2D eigenvalue weighted by atomic mass is 35.5. The molecule has 3 aromatic rings. The van der Waals surface area contributed by atoms with Crippen molar-refractivity contribution in [2.45, 2.75) is 6.92 Å². The van der Waals surface area contributed by atoms with Crippen molar-refractivity contribution < 1.29 is 4.79 Å². The maximum Gasteiger partial charge on any atom is 0.228 e. The first-order valence-corrected chi connectivity index (χ1v) is 8.03. The van der Waals surface area contributed by atoms with Gasteiger partial charge in [0, 0.05) is 41.5 Å². The Labute approximate surface area is 145 Å². The Balaban J connectivity index is 0.00000192. The van der Waals surface area contributed by atoms with Crippen LogP contribution in [0.3, 0.4) is 0 Å². The fraction of sp³-hybridized carbons (Fsp3) is 0.250. The standard InChI is InChI=1S/C16H18N4OS.ClH/c1-11(9-17-2)15(21)18-13-5-3-12(4-6-13)14-10-20-7-8-22-16(20)19-14;/h3-8,10-11,17H,9H2,1-2H3,(H,18,21);1H. The molecule has 122 valence electrons. The molecule has 0 radical (unpaired) electrons. The molecule has 0 bridgehead atoms. The third-order valence-corrected chi connectivity index (χ3v) is 4.27. The largest absolute Gasteiger partial charge is 0.326 e. The number of fused-ring (bicyclic) bond motifs is 1. The van der Waals surface area contributed by atoms with E-state index >= 15 is 0 Å². The van der Waals surface area contributed by atoms with Crippen LogP contribution in [0.25, 0.3) is 16.2 Å². The monoisotopic (exact) mass is 350 g/mol. The summed E-state index contributed by atoms with van der Waals surface area (Å²) in [7, 11) is 1.84. The quantitative estimate of drug-likeness (QED) is 0.742. The Morgan fingerprint density at radius 3 is 2.74 bits per heavy atom. The number of hydrogen-bond acceptors (Lipinski definition) is 4. The molecule has 2 N–H and O–H groups in total. The molecular formula is C16H19ClN4OS. The third-order valence-electron chi connectivity index (χ3n) is 3.50. The fourth-order valence-corrected chi connectivity index (χ4v) is 2.96. The van der Waals surface area contributed by atoms with Gasteiger partial charge >= 0.3 is 0 Å². The zero-order chi connectivity index (χ0) is 15.5. The molecule has 0 aliphatic heterocycles. The summed E-state index contributed by atoms with van der Waals surface area (Å²) in [5, 5.41) is 7.94. The number of nitrogens with one attached hydrogen (secondary N) is 2. The zero-order valence-corrected chi connectivity index (χ0v) is 14.6. The van der Waals surface area contributed by atoms with Crippen LogP contribution in [0.15, 0.2) is 42.0 Å². The summed E-state index contributed by atoms with van der Waals surface area (Å²) in [5.74, 6) is -0.0470. The molecule has 0 saturated heterocycles. The molecule has 1 unspecified atom stereocenters. The van der Waals surface area contributed by atoms with Crippen LogP contribution in [0, 0.1) is 5.92 Å². The van der Waals surface area contributed by atoms with Gasteiger partial charge in [-0.05, 0) is 19.2 Å². The molecule has 2 heterocycles. The lowest BCUT2D eigenvalue weighted by molar-refractivity contribution is -0.119. The van der Waals surface area contributed by atoms with Crippen LogP contribution in [0.2, 0.25) is 0 Å². The molecule has 2 aromatic heterocycles. The Bertz CT molecular complexity index is 752. The van der Waals surface area contributed by atoms with Crippen LogP contribution < -0.4 is 10.6 Å². The van der Waals surface area contributed by atoms with Gasteiger partial charge in [0.1, 0.15) is 0 Å². The summed E-state index contributed by atoms with van der Waals surface area (Å²) >= 11 is 1.61. The first kappa shape index (κ1) is 17.5. The highest BCUT2D eigenvalue weighted by Crippen LogP contribution is 2.23. The number of anilines is 1. The molecule has 1 aromatic carbocycles. The van der Waals surface area contributed by atoms with Crippen molar-refractivity contribution in [1.82, 2.24) is 14.7 Å². The molecule has 0 fully saturated rings. The number of carbonyl (C=O) groups is 1. The Morgan fingerprint density at radius 1 is 1.35 bits per heavy atom. The summed E-state index contributed by atoms with van der Waals surface area (Å²) in [6, 6.07) is 7.77. The van der Waals surface area contributed by atoms with Gasteiger partial charge in [-0.25, -0.2) is 4.98 Å². The highest BCUT2D eigenvalue weighted by molar-refractivity contribution is 7.15. The highest BCUT2D eigenvalue weighted by Gasteiger charge is 2.12. The maximum absolute atomic E-state index is 12.0. The summed E-state index contributed by atoms with van der Waals surface area (Å²) in [6.45, 7) is 2.56. The van der Waals surface area contributed by atoms with Gasteiger partial charge in [-0.3, -0.25) is 9.20 Å². The SMILES string of the molecule is CNCC(C)C(=O)Nc1ccc(-c2cn3ccsc3n2)cc1.Cl. The second kappa shape index (κ2) is 7.59. The molecule has 0 aliphatic carbocycles. The van der Waals surface area contributed by atoms with Crippen LogP contribution in [0.1, 0.15) is 6.92 Å². The van der Waals surface area contributed by atoms with Gasteiger partial charge in [0.15, 0.2) is 4.96 Å². The minimum atomic E-state index is -0.0652. The van der Waals surface area contributed by atoms with E-state index in [4.69, 9.17) is 0 Å². The second-order valence-corrected chi connectivity index (χ2v) is 6.12. The lowest BCUT2D eigenvalue weighted by atomic mass is 10.1. The van der Waals surface area contributed by atoms with Gasteiger partial charge in [-0.2, -0.15) is 0 Å². The molecule has 0 saturated carbocycles. The Morgan fingerprint density at radius 2 is 2.09 bits per heavy atom. The number of halogens is 1. The average Bonchev–Trinajstić information content (AvgIpc) is 3.09. The smallest absolute Gasteiger partial charge is 0.228 e. The van der Waals surface area contributed by atoms with Crippen molar-refractivity contribution in [3.05, 3.63) is 42.0 Å². The molecule has 3 rings (SSSR count). The number of hydrogen-bond donors (Lipinski definition) is 2. The van der Waals surface area contributed by atoms with E-state index in [1.807, 2.05) is 60.4 Å². The van der Waals surface area contributed by atoms with E-state index < -0.39 is 0 Å². The van der Waals surface area contributed by atoms with E-state index in [0.717, 1.165) is 21.9 Å². The number of nitrogens with zero attached hydrogens (tertiary/aromatic N) is 2. The van der Waals surface area contributed by atoms with Gasteiger partial charge in [-0.15, -0.1) is 23.7 Å². The second-order valence-electron chi connectivity index (χ2n) is 5.24. The van der Waals surface area contributed by atoms with Gasteiger partial charge in [0.05, 0.1) is 5.69 Å². The van der Waals surface area contributed by atoms with Crippen LogP contribution in [-0.2, 0) is 4.79 Å². The summed E-state index contributed by atoms with van der Waals surface area (Å²) in [4.78, 5) is 17.5. The van der Waals surface area contributed by atoms with E-state index in [1.54, 1.807) is 11.3 Å². The molecule has 0 spiro atoms. The van der Waals surface area contributed by atoms with E-state index in [9.17, 15) is 4.79 Å². The molecule has 0 aliphatic rings. The molecular weight excluding hydrogens is 332 g/mol. The topological polar surface area (TPSA) is 58.4 Å². The lowest BCUT2D eigenvalue weighted by Crippen LogP contribution is -2.28. The lowest BCUT2D eigenvalue weighted by Gasteiger charge is -2.11. The van der Waals surface area contributed by atoms with Crippen LogP contribution in [0.4, 0.5) is 5.69 Å². The number of benzene rings is 1. The summed E-state index contributed by atoms with van der Waals surface area (Å²) < 4.78 is 2.01. The summed E-state index contributed by atoms with van der Waals surface area (Å²) in [6.07, 6.45) is 4.00. The average molecular weight is 351 g/mol. The van der Waals surface area contributed by atoms with Crippen molar-refractivity contribution in [2.24, 2.45) is 5.92 Å². The van der Waals surface area contributed by atoms with Crippen molar-refractivity contribution in [3.63, 3.8) is 0 Å². The number of aromatic nitrogens is 2. The van der Waals surface area contributed by atoms with Gasteiger partial charge < -0.3 is 10.6 Å². The molecule has 1 amide bonds. The molecule has 1 atom stereocenters. The predicted octanol–water partition coefficient (Wildman–Crippen LogP) is 3.28. The van der Waals surface area contributed by atoms with E-state index in [-0.39, 0.29) is 24.2 Å². The van der Waals surface area contributed by atoms with E-state index in [0.29, 0.717) is 6.54 Å². The van der Waals surface area contributed by atoms with E-state index in [1.165, 1.54) is 0 Å². The minimum absolute atomic E-state index is 0. The molecule has 7 heteroatoms. The van der Waals surface area contributed by atoms with Gasteiger partial charge in [0.2, 0.25) is 5.91 Å². The van der Waals surface area contributed by atoms with Crippen LogP contribution in [0.5, 0.6) is 0 Å². The van der Waals surface area contributed by atoms with Crippen molar-refractivity contribution >= 4 is 40.3 Å². The predicted molar refractivity (Wildman–Crippen MR) is 97.5 cm³/mol. The van der Waals surface area contributed by atoms with E-state index in [2.05, 4.69) is 15.6 Å². The number of imidazole rings is 1. The number of rotatable bonds is 5. The number of carbonyl (C=O) groups excluding carboxylic acids is 1. The number of thiazole rings is 1.